The average Bonchev–Trinajstić information content (AvgIpc) is 3.42. The van der Waals surface area contributed by atoms with Crippen molar-refractivity contribution >= 4 is 30.5 Å². The lowest BCUT2D eigenvalue weighted by molar-refractivity contribution is -0.151. The van der Waals surface area contributed by atoms with Crippen molar-refractivity contribution in [2.75, 3.05) is 18.6 Å². The number of carbonyl (C=O) groups is 1. The number of alkyl halides is 1. The average molecular weight is 597 g/mol. The third-order valence-corrected chi connectivity index (χ3v) is 8.77. The zero-order chi connectivity index (χ0) is 30.1. The number of benzene rings is 1. The standard InChI is InChI=1S/C26H34FN4O9P/c1-14(2)37-23(34)15(3)12-41(36,40-17-8-6-5-7-9-17)39-16(4)19-20(32)26(35,13-27)24(38-19)31-11-10-18-21(31)29-25(28)30-22(18)33/h5-11,14-16,19-20,24,32,35H,12-13H2,1-4H3,(H3,28,29,30,33)/t15-,16-,19-,20+,24-,26?,41+/m1/s1. The number of hydrogen-bond donors (Lipinski definition) is 4. The fraction of sp³-hybridized carbons (Fsp3) is 0.500. The Kier molecular flexibility index (Phi) is 8.90. The SMILES string of the molecule is CC(C)OC(=O)[C@H](C)C[P@@](=O)(Oc1ccccc1)O[C@H](C)[C@H]1O[C@@H](n2ccc3c(=O)[nH]c(N)nc32)C(O)(CF)[C@H]1O. The second-order valence-electron chi connectivity index (χ2n) is 10.3. The fourth-order valence-electron chi connectivity index (χ4n) is 4.66. The van der Waals surface area contributed by atoms with Crippen LogP contribution in [0.1, 0.15) is 33.9 Å². The second-order valence-corrected chi connectivity index (χ2v) is 12.3. The Hall–Kier alpha value is -3.29. The topological polar surface area (TPSA) is 188 Å². The maximum absolute atomic E-state index is 14.4. The quantitative estimate of drug-likeness (QED) is 0.188. The number of aromatic amines is 1. The highest BCUT2D eigenvalue weighted by Crippen LogP contribution is 2.53. The Morgan fingerprint density at radius 1 is 1.27 bits per heavy atom. The lowest BCUT2D eigenvalue weighted by Gasteiger charge is -2.30. The first kappa shape index (κ1) is 30.7. The molecular formula is C26H34FN4O9P. The molecule has 0 spiro atoms. The molecular weight excluding hydrogens is 562 g/mol. The predicted molar refractivity (Wildman–Crippen MR) is 146 cm³/mol. The molecule has 13 nitrogen and oxygen atoms in total. The van der Waals surface area contributed by atoms with Crippen LogP contribution < -0.4 is 15.8 Å². The molecule has 1 saturated heterocycles. The van der Waals surface area contributed by atoms with E-state index in [1.54, 1.807) is 44.2 Å². The summed E-state index contributed by atoms with van der Waals surface area (Å²) in [4.78, 5) is 31.2. The number of rotatable bonds is 11. The molecule has 0 bridgehead atoms. The van der Waals surface area contributed by atoms with Crippen molar-refractivity contribution in [1.29, 1.82) is 0 Å². The number of nitrogens with two attached hydrogens (primary N) is 1. The van der Waals surface area contributed by atoms with Crippen molar-refractivity contribution < 1.29 is 42.5 Å². The van der Waals surface area contributed by atoms with Gasteiger partial charge in [-0.3, -0.25) is 19.1 Å². The molecule has 0 aliphatic carbocycles. The molecule has 1 aliphatic rings. The lowest BCUT2D eigenvalue weighted by atomic mass is 9.93. The van der Waals surface area contributed by atoms with E-state index in [0.29, 0.717) is 0 Å². The summed E-state index contributed by atoms with van der Waals surface area (Å²) in [5.41, 5.74) is 2.58. The number of halogens is 1. The van der Waals surface area contributed by atoms with E-state index >= 15 is 0 Å². The molecule has 0 amide bonds. The predicted octanol–water partition coefficient (Wildman–Crippen LogP) is 2.53. The monoisotopic (exact) mass is 596 g/mol. The molecule has 224 valence electrons. The van der Waals surface area contributed by atoms with Crippen LogP contribution >= 0.6 is 7.60 Å². The van der Waals surface area contributed by atoms with Crippen LogP contribution in [-0.2, 0) is 23.4 Å². The van der Waals surface area contributed by atoms with Gasteiger partial charge in [-0.25, -0.2) is 8.96 Å². The van der Waals surface area contributed by atoms with E-state index in [1.165, 1.54) is 30.7 Å². The number of aliphatic hydroxyl groups is 2. The number of hydrogen-bond acceptors (Lipinski definition) is 11. The van der Waals surface area contributed by atoms with Crippen molar-refractivity contribution in [3.8, 4) is 5.75 Å². The summed E-state index contributed by atoms with van der Waals surface area (Å²) < 4.78 is 52.3. The van der Waals surface area contributed by atoms with Crippen LogP contribution in [0.3, 0.4) is 0 Å². The van der Waals surface area contributed by atoms with E-state index in [2.05, 4.69) is 9.97 Å². The minimum atomic E-state index is -4.16. The maximum Gasteiger partial charge on any atom is 0.380 e. The van der Waals surface area contributed by atoms with Gasteiger partial charge in [0.1, 0.15) is 24.6 Å². The molecule has 4 rings (SSSR count). The zero-order valence-corrected chi connectivity index (χ0v) is 23.9. The fourth-order valence-corrected chi connectivity index (χ4v) is 6.75. The van der Waals surface area contributed by atoms with Crippen LogP contribution in [0.4, 0.5) is 10.3 Å². The van der Waals surface area contributed by atoms with Gasteiger partial charge in [0, 0.05) is 6.20 Å². The molecule has 2 aromatic heterocycles. The van der Waals surface area contributed by atoms with Gasteiger partial charge in [-0.05, 0) is 39.0 Å². The van der Waals surface area contributed by atoms with Crippen LogP contribution in [-0.4, -0.2) is 73.6 Å². The summed E-state index contributed by atoms with van der Waals surface area (Å²) in [7, 11) is -4.16. The molecule has 7 atom stereocenters. The third kappa shape index (κ3) is 6.31. The molecule has 0 radical (unpaired) electrons. The maximum atomic E-state index is 14.4. The minimum Gasteiger partial charge on any atom is -0.463 e. The van der Waals surface area contributed by atoms with Crippen molar-refractivity contribution in [2.24, 2.45) is 5.92 Å². The molecule has 1 fully saturated rings. The Morgan fingerprint density at radius 2 is 1.95 bits per heavy atom. The number of fused-ring (bicyclic) bond motifs is 1. The summed E-state index contributed by atoms with van der Waals surface area (Å²) in [6.45, 7) is 4.82. The van der Waals surface area contributed by atoms with E-state index in [9.17, 15) is 28.8 Å². The largest absolute Gasteiger partial charge is 0.463 e. The number of ether oxygens (including phenoxy) is 2. The number of carbonyl (C=O) groups excluding carboxylic acids is 1. The van der Waals surface area contributed by atoms with E-state index in [4.69, 9.17) is 24.3 Å². The molecule has 1 aliphatic heterocycles. The van der Waals surface area contributed by atoms with E-state index < -0.39 is 68.0 Å². The number of esters is 1. The first-order chi connectivity index (χ1) is 19.3. The highest BCUT2D eigenvalue weighted by atomic mass is 31.2. The number of anilines is 1. The highest BCUT2D eigenvalue weighted by Gasteiger charge is 2.59. The molecule has 5 N–H and O–H groups in total. The molecule has 1 unspecified atom stereocenters. The van der Waals surface area contributed by atoms with Gasteiger partial charge in [0.2, 0.25) is 5.95 Å². The first-order valence-corrected chi connectivity index (χ1v) is 14.7. The van der Waals surface area contributed by atoms with Crippen molar-refractivity contribution in [3.05, 3.63) is 52.9 Å². The number of H-pyrrole nitrogens is 1. The van der Waals surface area contributed by atoms with Gasteiger partial charge in [-0.2, -0.15) is 4.98 Å². The molecule has 3 heterocycles. The molecule has 1 aromatic carbocycles. The van der Waals surface area contributed by atoms with Crippen LogP contribution in [0.15, 0.2) is 47.4 Å². The first-order valence-electron chi connectivity index (χ1n) is 13.0. The minimum absolute atomic E-state index is 0.0138. The van der Waals surface area contributed by atoms with Crippen LogP contribution in [0, 0.1) is 5.92 Å². The molecule has 0 saturated carbocycles. The smallest absolute Gasteiger partial charge is 0.380 e. The summed E-state index contributed by atoms with van der Waals surface area (Å²) in [6.07, 6.45) is -5.57. The number of nitrogens with zero attached hydrogens (tertiary/aromatic N) is 2. The summed E-state index contributed by atoms with van der Waals surface area (Å²) in [5.74, 6) is -1.53. The molecule has 41 heavy (non-hydrogen) atoms. The number of para-hydroxylation sites is 1. The zero-order valence-electron chi connectivity index (χ0n) is 23.0. The summed E-state index contributed by atoms with van der Waals surface area (Å²) in [6, 6.07) is 9.51. The Labute approximate surface area is 234 Å². The summed E-state index contributed by atoms with van der Waals surface area (Å²) >= 11 is 0. The number of aromatic nitrogens is 3. The van der Waals surface area contributed by atoms with E-state index in [1.807, 2.05) is 0 Å². The van der Waals surface area contributed by atoms with Gasteiger partial charge in [0.25, 0.3) is 5.56 Å². The third-order valence-electron chi connectivity index (χ3n) is 6.63. The van der Waals surface area contributed by atoms with Crippen molar-refractivity contribution in [1.82, 2.24) is 14.5 Å². The number of nitrogens with one attached hydrogen (secondary N) is 1. The van der Waals surface area contributed by atoms with Crippen molar-refractivity contribution in [2.45, 2.75) is 63.9 Å². The van der Waals surface area contributed by atoms with E-state index in [-0.39, 0.29) is 28.9 Å². The van der Waals surface area contributed by atoms with Crippen LogP contribution in [0.2, 0.25) is 0 Å². The number of aliphatic hydroxyl groups excluding tert-OH is 1. The summed E-state index contributed by atoms with van der Waals surface area (Å²) in [5, 5.41) is 22.4. The van der Waals surface area contributed by atoms with Gasteiger partial charge in [0.15, 0.2) is 17.5 Å². The Bertz CT molecular complexity index is 1480. The Morgan fingerprint density at radius 3 is 2.59 bits per heavy atom. The van der Waals surface area contributed by atoms with Gasteiger partial charge in [0.05, 0.1) is 29.7 Å². The molecule has 15 heteroatoms. The van der Waals surface area contributed by atoms with Crippen LogP contribution in [0.5, 0.6) is 5.75 Å². The van der Waals surface area contributed by atoms with Gasteiger partial charge < -0.3 is 34.5 Å². The van der Waals surface area contributed by atoms with Crippen molar-refractivity contribution in [3.63, 3.8) is 0 Å². The van der Waals surface area contributed by atoms with Gasteiger partial charge in [-0.1, -0.05) is 25.1 Å². The lowest BCUT2D eigenvalue weighted by Crippen LogP contribution is -2.50. The number of nitrogen functional groups attached to an aromatic ring is 1. The Balaban J connectivity index is 1.63. The van der Waals surface area contributed by atoms with Gasteiger partial charge in [-0.15, -0.1) is 0 Å². The van der Waals surface area contributed by atoms with E-state index in [0.717, 1.165) is 0 Å². The van der Waals surface area contributed by atoms with Gasteiger partial charge >= 0.3 is 13.6 Å². The second kappa shape index (κ2) is 11.9. The normalized spacial score (nSPS) is 25.6. The van der Waals surface area contributed by atoms with Crippen LogP contribution in [0.25, 0.3) is 11.0 Å². The molecule has 3 aromatic rings. The highest BCUT2D eigenvalue weighted by molar-refractivity contribution is 7.54.